The van der Waals surface area contributed by atoms with Gasteiger partial charge in [-0.3, -0.25) is 4.98 Å². The number of halogens is 4. The number of ether oxygens (including phenoxy) is 1. The van der Waals surface area contributed by atoms with E-state index in [-0.39, 0.29) is 0 Å². The molecular weight excluding hydrogens is 513 g/mol. The maximum absolute atomic E-state index is 11.8. The molecule has 26 heavy (non-hydrogen) atoms. The minimum absolute atomic E-state index is 0.297. The van der Waals surface area contributed by atoms with Crippen molar-refractivity contribution in [3.05, 3.63) is 51.2 Å². The summed E-state index contributed by atoms with van der Waals surface area (Å²) in [7, 11) is 3.19. The van der Waals surface area contributed by atoms with Crippen molar-refractivity contribution in [3.63, 3.8) is 0 Å². The van der Waals surface area contributed by atoms with Gasteiger partial charge < -0.3 is 9.64 Å². The van der Waals surface area contributed by atoms with Crippen molar-refractivity contribution in [1.82, 2.24) is 9.88 Å². The molecule has 0 saturated heterocycles. The first-order valence-corrected chi connectivity index (χ1v) is 9.30. The highest BCUT2D eigenvalue weighted by atomic mass is 127. The molecule has 0 bridgehead atoms. The van der Waals surface area contributed by atoms with Gasteiger partial charge in [0.15, 0.2) is 5.75 Å². The molecule has 0 fully saturated rings. The summed E-state index contributed by atoms with van der Waals surface area (Å²) in [6.07, 6.45) is 1.07. The Bertz CT molecular complexity index is 838. The number of hydrogen-bond acceptors (Lipinski definition) is 5. The zero-order chi connectivity index (χ0) is 19.4. The van der Waals surface area contributed by atoms with Crippen LogP contribution in [-0.4, -0.2) is 35.8 Å². The molecule has 0 aliphatic heterocycles. The van der Waals surface area contributed by atoms with Gasteiger partial charge >= 0.3 is 6.09 Å². The van der Waals surface area contributed by atoms with E-state index in [4.69, 9.17) is 39.5 Å². The molecule has 0 spiro atoms. The predicted molar refractivity (Wildman–Crippen MR) is 114 cm³/mol. The van der Waals surface area contributed by atoms with E-state index in [2.05, 4.69) is 10.1 Å². The summed E-state index contributed by atoms with van der Waals surface area (Å²) < 4.78 is 6.82. The number of pyridine rings is 1. The lowest BCUT2D eigenvalue weighted by Crippen LogP contribution is -2.26. The Hall–Kier alpha value is -1.29. The molecule has 1 aromatic carbocycles. The second-order valence-corrected chi connectivity index (χ2v) is 7.44. The van der Waals surface area contributed by atoms with Crippen LogP contribution in [0.5, 0.6) is 5.75 Å². The van der Waals surface area contributed by atoms with Crippen molar-refractivity contribution in [2.75, 3.05) is 17.3 Å². The lowest BCUT2D eigenvalue weighted by molar-refractivity contribution is 0.171. The van der Waals surface area contributed by atoms with Crippen molar-refractivity contribution in [3.8, 4) is 5.75 Å². The summed E-state index contributed by atoms with van der Waals surface area (Å²) in [4.78, 5) is 17.4. The standard InChI is InChI=1S/C16H14Cl3IN4O2/c1-9(14-13(5-4-6-21-14)26-16(25)23(2)3)22-24(20)15-11(18)7-10(17)8-12(15)19/h4-8H,1-3H3. The fourth-order valence-corrected chi connectivity index (χ4v) is 3.98. The van der Waals surface area contributed by atoms with Crippen molar-refractivity contribution in [1.29, 1.82) is 0 Å². The quantitative estimate of drug-likeness (QED) is 0.222. The first-order valence-electron chi connectivity index (χ1n) is 7.21. The summed E-state index contributed by atoms with van der Waals surface area (Å²) in [6.45, 7) is 1.73. The van der Waals surface area contributed by atoms with Gasteiger partial charge in [0, 0.05) is 25.3 Å². The SMILES string of the molecule is CC(=NN(I)c1c(Cl)cc(Cl)cc1Cl)c1ncccc1OC(=O)N(C)C. The third-order valence-electron chi connectivity index (χ3n) is 3.08. The van der Waals surface area contributed by atoms with E-state index in [0.29, 0.717) is 37.9 Å². The van der Waals surface area contributed by atoms with Gasteiger partial charge in [-0.25, -0.2) is 8.02 Å². The van der Waals surface area contributed by atoms with E-state index >= 15 is 0 Å². The fraction of sp³-hybridized carbons (Fsp3) is 0.188. The average Bonchev–Trinajstić information content (AvgIpc) is 2.54. The van der Waals surface area contributed by atoms with Gasteiger partial charge in [-0.2, -0.15) is 5.10 Å². The normalized spacial score (nSPS) is 11.3. The van der Waals surface area contributed by atoms with Crippen LogP contribution in [0.4, 0.5) is 10.5 Å². The Labute approximate surface area is 180 Å². The van der Waals surface area contributed by atoms with E-state index < -0.39 is 6.09 Å². The zero-order valence-electron chi connectivity index (χ0n) is 14.0. The number of hydrogen-bond donors (Lipinski definition) is 0. The molecule has 0 atom stereocenters. The van der Waals surface area contributed by atoms with Crippen LogP contribution in [0.25, 0.3) is 0 Å². The molecule has 1 aromatic heterocycles. The summed E-state index contributed by atoms with van der Waals surface area (Å²) >= 11 is 20.3. The summed E-state index contributed by atoms with van der Waals surface area (Å²) in [5.74, 6) is 0.297. The second-order valence-electron chi connectivity index (χ2n) is 5.28. The number of carbonyl (C=O) groups is 1. The molecule has 2 rings (SSSR count). The lowest BCUT2D eigenvalue weighted by atomic mass is 10.2. The van der Waals surface area contributed by atoms with E-state index in [1.807, 2.05) is 22.9 Å². The molecule has 10 heteroatoms. The second kappa shape index (κ2) is 9.07. The van der Waals surface area contributed by atoms with E-state index in [9.17, 15) is 4.79 Å². The number of nitrogens with zero attached hydrogens (tertiary/aromatic N) is 4. The number of aromatic nitrogens is 1. The minimum atomic E-state index is -0.512. The first-order chi connectivity index (χ1) is 12.2. The molecule has 0 radical (unpaired) electrons. The van der Waals surface area contributed by atoms with Crippen LogP contribution >= 0.6 is 57.7 Å². The minimum Gasteiger partial charge on any atom is -0.408 e. The Morgan fingerprint density at radius 2 is 1.85 bits per heavy atom. The fourth-order valence-electron chi connectivity index (χ4n) is 1.87. The van der Waals surface area contributed by atoms with E-state index in [1.54, 1.807) is 51.5 Å². The van der Waals surface area contributed by atoms with Crippen LogP contribution in [0.15, 0.2) is 35.6 Å². The Kier molecular flexibility index (Phi) is 7.33. The summed E-state index contributed by atoms with van der Waals surface area (Å²) in [6, 6.07) is 6.46. The van der Waals surface area contributed by atoms with Crippen LogP contribution < -0.4 is 7.96 Å². The van der Waals surface area contributed by atoms with Crippen LogP contribution in [0.1, 0.15) is 12.6 Å². The summed E-state index contributed by atoms with van der Waals surface area (Å²) in [5, 5.41) is 5.58. The predicted octanol–water partition coefficient (Wildman–Crippen LogP) is 5.68. The highest BCUT2D eigenvalue weighted by molar-refractivity contribution is 14.1. The number of benzene rings is 1. The van der Waals surface area contributed by atoms with Crippen LogP contribution in [0.3, 0.4) is 0 Å². The van der Waals surface area contributed by atoms with E-state index in [1.165, 1.54) is 8.12 Å². The van der Waals surface area contributed by atoms with E-state index in [0.717, 1.165) is 0 Å². The highest BCUT2D eigenvalue weighted by Gasteiger charge is 2.17. The van der Waals surface area contributed by atoms with Gasteiger partial charge in [-0.15, -0.1) is 0 Å². The third-order valence-corrected chi connectivity index (χ3v) is 4.57. The number of carbonyl (C=O) groups excluding carboxylic acids is 1. The molecule has 1 heterocycles. The Morgan fingerprint density at radius 1 is 1.23 bits per heavy atom. The van der Waals surface area contributed by atoms with Gasteiger partial charge in [-0.1, -0.05) is 34.8 Å². The lowest BCUT2D eigenvalue weighted by Gasteiger charge is -2.17. The first kappa shape index (κ1) is 21.0. The van der Waals surface area contributed by atoms with Crippen LogP contribution in [0, 0.1) is 0 Å². The molecule has 1 amide bonds. The molecule has 0 unspecified atom stereocenters. The Balaban J connectivity index is 2.37. The average molecular weight is 528 g/mol. The highest BCUT2D eigenvalue weighted by Crippen LogP contribution is 2.38. The molecule has 0 aliphatic carbocycles. The van der Waals surface area contributed by atoms with Gasteiger partial charge in [0.25, 0.3) is 0 Å². The third kappa shape index (κ3) is 5.12. The van der Waals surface area contributed by atoms with Crippen LogP contribution in [-0.2, 0) is 0 Å². The van der Waals surface area contributed by atoms with Crippen LogP contribution in [0.2, 0.25) is 15.1 Å². The number of anilines is 1. The molecule has 0 saturated carbocycles. The van der Waals surface area contributed by atoms with Crippen molar-refractivity contribution >= 4 is 75.2 Å². The van der Waals surface area contributed by atoms with Gasteiger partial charge in [0.05, 0.1) is 38.6 Å². The maximum atomic E-state index is 11.8. The van der Waals surface area contributed by atoms with Gasteiger partial charge in [0.2, 0.25) is 0 Å². The van der Waals surface area contributed by atoms with Gasteiger partial charge in [0.1, 0.15) is 11.4 Å². The van der Waals surface area contributed by atoms with Crippen molar-refractivity contribution in [2.45, 2.75) is 6.92 Å². The molecular formula is C16H14Cl3IN4O2. The van der Waals surface area contributed by atoms with Crippen molar-refractivity contribution < 1.29 is 9.53 Å². The largest absolute Gasteiger partial charge is 0.414 e. The monoisotopic (exact) mass is 526 g/mol. The number of hydrazone groups is 1. The molecule has 138 valence electrons. The number of amides is 1. The smallest absolute Gasteiger partial charge is 0.408 e. The topological polar surface area (TPSA) is 58.0 Å². The zero-order valence-corrected chi connectivity index (χ0v) is 18.4. The molecule has 6 nitrogen and oxygen atoms in total. The van der Waals surface area contributed by atoms with Gasteiger partial charge in [-0.05, 0) is 31.2 Å². The Morgan fingerprint density at radius 3 is 2.42 bits per heavy atom. The maximum Gasteiger partial charge on any atom is 0.414 e. The molecule has 2 aromatic rings. The number of rotatable bonds is 4. The van der Waals surface area contributed by atoms with Crippen molar-refractivity contribution in [2.24, 2.45) is 5.10 Å². The molecule has 0 N–H and O–H groups in total. The summed E-state index contributed by atoms with van der Waals surface area (Å²) in [5.41, 5.74) is 1.41. The molecule has 0 aliphatic rings.